The molecule has 0 radical (unpaired) electrons. The van der Waals surface area contributed by atoms with Crippen molar-refractivity contribution in [1.82, 2.24) is 10.5 Å². The number of carbonyl (C=O) groups is 1. The van der Waals surface area contributed by atoms with E-state index < -0.39 is 0 Å². The highest BCUT2D eigenvalue weighted by atomic mass is 35.5. The van der Waals surface area contributed by atoms with Crippen molar-refractivity contribution in [2.45, 2.75) is 37.8 Å². The SMILES string of the molecule is COBN[C@H]1CC[C@H](NC(=O)CCl)CC1. The highest BCUT2D eigenvalue weighted by Crippen LogP contribution is 2.18. The molecule has 1 rings (SSSR count). The lowest BCUT2D eigenvalue weighted by molar-refractivity contribution is -0.119. The first-order valence-electron chi connectivity index (χ1n) is 5.34. The van der Waals surface area contributed by atoms with Gasteiger partial charge < -0.3 is 15.2 Å². The maximum absolute atomic E-state index is 11.1. The van der Waals surface area contributed by atoms with Gasteiger partial charge in [0.2, 0.25) is 5.91 Å². The lowest BCUT2D eigenvalue weighted by Crippen LogP contribution is -2.43. The maximum atomic E-state index is 11.1. The number of rotatable bonds is 5. The number of amides is 1. The third kappa shape index (κ3) is 4.86. The van der Waals surface area contributed by atoms with Crippen LogP contribution < -0.4 is 10.5 Å². The van der Waals surface area contributed by atoms with E-state index in [0.29, 0.717) is 19.7 Å². The van der Waals surface area contributed by atoms with Gasteiger partial charge in [-0.3, -0.25) is 4.79 Å². The fraction of sp³-hybridized carbons (Fsp3) is 0.889. The summed E-state index contributed by atoms with van der Waals surface area (Å²) in [5, 5.41) is 6.21. The van der Waals surface area contributed by atoms with Gasteiger partial charge in [0, 0.05) is 13.2 Å². The van der Waals surface area contributed by atoms with Crippen molar-refractivity contribution < 1.29 is 9.45 Å². The predicted molar refractivity (Wildman–Crippen MR) is 62.2 cm³/mol. The largest absolute Gasteiger partial charge is 0.427 e. The third-order valence-corrected chi connectivity index (χ3v) is 2.97. The van der Waals surface area contributed by atoms with E-state index in [1.807, 2.05) is 0 Å². The van der Waals surface area contributed by atoms with Crippen molar-refractivity contribution in [2.24, 2.45) is 0 Å². The van der Waals surface area contributed by atoms with Gasteiger partial charge in [-0.15, -0.1) is 11.6 Å². The lowest BCUT2D eigenvalue weighted by Gasteiger charge is -2.29. The zero-order chi connectivity index (χ0) is 11.1. The van der Waals surface area contributed by atoms with Crippen LogP contribution in [0.2, 0.25) is 0 Å². The molecule has 0 saturated heterocycles. The van der Waals surface area contributed by atoms with Crippen molar-refractivity contribution >= 4 is 25.1 Å². The Labute approximate surface area is 96.4 Å². The van der Waals surface area contributed by atoms with Crippen molar-refractivity contribution in [3.05, 3.63) is 0 Å². The average molecular weight is 233 g/mol. The Bertz CT molecular complexity index is 199. The molecule has 0 aromatic rings. The number of nitrogens with one attached hydrogen (secondary N) is 2. The topological polar surface area (TPSA) is 50.4 Å². The van der Waals surface area contributed by atoms with E-state index in [9.17, 15) is 4.79 Å². The fourth-order valence-electron chi connectivity index (χ4n) is 1.91. The van der Waals surface area contributed by atoms with Gasteiger partial charge in [0.1, 0.15) is 5.88 Å². The van der Waals surface area contributed by atoms with Crippen molar-refractivity contribution in [2.75, 3.05) is 13.0 Å². The number of halogens is 1. The molecule has 0 aliphatic heterocycles. The average Bonchev–Trinajstić information content (AvgIpc) is 2.28. The molecule has 0 aromatic carbocycles. The van der Waals surface area contributed by atoms with Crippen molar-refractivity contribution in [3.8, 4) is 0 Å². The first-order chi connectivity index (χ1) is 7.26. The summed E-state index contributed by atoms with van der Waals surface area (Å²) in [5.41, 5.74) is 0. The van der Waals surface area contributed by atoms with Gasteiger partial charge in [0.15, 0.2) is 0 Å². The second-order valence-electron chi connectivity index (χ2n) is 3.89. The summed E-state index contributed by atoms with van der Waals surface area (Å²) in [6.45, 7) is 0. The summed E-state index contributed by atoms with van der Waals surface area (Å²) >= 11 is 5.43. The Morgan fingerprint density at radius 1 is 1.40 bits per heavy atom. The lowest BCUT2D eigenvalue weighted by atomic mass is 9.90. The minimum absolute atomic E-state index is 0.0574. The standard InChI is InChI=1S/C9H18BClN2O2/c1-15-10-13-8-4-2-7(3-5-8)12-9(14)6-11/h7-8,10,13H,2-6H2,1H3,(H,12,14)/t7-,8-. The molecule has 0 unspecified atom stereocenters. The first kappa shape index (κ1) is 12.8. The first-order valence-corrected chi connectivity index (χ1v) is 5.87. The molecule has 0 aromatic heterocycles. The van der Waals surface area contributed by atoms with Gasteiger partial charge in [-0.25, -0.2) is 0 Å². The van der Waals surface area contributed by atoms with Crippen LogP contribution in [0.4, 0.5) is 0 Å². The summed E-state index contributed by atoms with van der Waals surface area (Å²) in [5.74, 6) is -0.00745. The molecule has 2 N–H and O–H groups in total. The van der Waals surface area contributed by atoms with E-state index in [1.165, 1.54) is 0 Å². The van der Waals surface area contributed by atoms with Crippen LogP contribution in [-0.4, -0.2) is 38.6 Å². The van der Waals surface area contributed by atoms with Crippen LogP contribution in [0.1, 0.15) is 25.7 Å². The minimum atomic E-state index is -0.0648. The second-order valence-corrected chi connectivity index (χ2v) is 4.15. The highest BCUT2D eigenvalue weighted by Gasteiger charge is 2.21. The monoisotopic (exact) mass is 232 g/mol. The van der Waals surface area contributed by atoms with Gasteiger partial charge in [0.05, 0.1) is 0 Å². The molecule has 1 saturated carbocycles. The van der Waals surface area contributed by atoms with Gasteiger partial charge in [0.25, 0.3) is 0 Å². The molecule has 4 nitrogen and oxygen atoms in total. The number of hydrogen-bond acceptors (Lipinski definition) is 3. The summed E-state index contributed by atoms with van der Waals surface area (Å²) in [4.78, 5) is 11.1. The molecular weight excluding hydrogens is 214 g/mol. The second kappa shape index (κ2) is 7.09. The van der Waals surface area contributed by atoms with E-state index >= 15 is 0 Å². The zero-order valence-corrected chi connectivity index (χ0v) is 9.85. The van der Waals surface area contributed by atoms with Crippen molar-refractivity contribution in [1.29, 1.82) is 0 Å². The molecular formula is C9H18BClN2O2. The van der Waals surface area contributed by atoms with Crippen LogP contribution in [0, 0.1) is 0 Å². The molecule has 0 atom stereocenters. The van der Waals surface area contributed by atoms with E-state index in [0.717, 1.165) is 25.7 Å². The molecule has 1 amide bonds. The summed E-state index contributed by atoms with van der Waals surface area (Å²) < 4.78 is 4.96. The predicted octanol–water partition coefficient (Wildman–Crippen LogP) is 0.155. The smallest absolute Gasteiger partial charge is 0.360 e. The Morgan fingerprint density at radius 3 is 2.53 bits per heavy atom. The van der Waals surface area contributed by atoms with Crippen LogP contribution in [0.25, 0.3) is 0 Å². The Morgan fingerprint density at radius 2 is 2.00 bits per heavy atom. The van der Waals surface area contributed by atoms with E-state index in [4.69, 9.17) is 16.3 Å². The molecule has 6 heteroatoms. The molecule has 0 bridgehead atoms. The van der Waals surface area contributed by atoms with Gasteiger partial charge in [-0.05, 0) is 31.7 Å². The minimum Gasteiger partial charge on any atom is -0.427 e. The Hall–Kier alpha value is -0.255. The number of carbonyl (C=O) groups excluding carboxylic acids is 1. The third-order valence-electron chi connectivity index (χ3n) is 2.73. The number of alkyl halides is 1. The van der Waals surface area contributed by atoms with E-state index in [-0.39, 0.29) is 11.8 Å². The molecule has 0 spiro atoms. The molecule has 0 heterocycles. The molecule has 1 fully saturated rings. The number of hydrogen-bond donors (Lipinski definition) is 2. The Kier molecular flexibility index (Phi) is 6.06. The summed E-state index contributed by atoms with van der Waals surface area (Å²) in [6.07, 6.45) is 4.20. The van der Waals surface area contributed by atoms with Crippen LogP contribution in [0.15, 0.2) is 0 Å². The van der Waals surface area contributed by atoms with E-state index in [1.54, 1.807) is 7.11 Å². The van der Waals surface area contributed by atoms with Crippen LogP contribution in [0.5, 0.6) is 0 Å². The molecule has 1 aliphatic carbocycles. The van der Waals surface area contributed by atoms with Crippen LogP contribution in [-0.2, 0) is 9.45 Å². The molecule has 1 aliphatic rings. The fourth-order valence-corrected chi connectivity index (χ4v) is 1.99. The maximum Gasteiger partial charge on any atom is 0.360 e. The summed E-state index contributed by atoms with van der Waals surface area (Å²) in [7, 11) is 2.28. The highest BCUT2D eigenvalue weighted by molar-refractivity contribution is 6.27. The molecule has 86 valence electrons. The van der Waals surface area contributed by atoms with Crippen molar-refractivity contribution in [3.63, 3.8) is 0 Å². The van der Waals surface area contributed by atoms with Gasteiger partial charge in [-0.2, -0.15) is 0 Å². The van der Waals surface area contributed by atoms with E-state index in [2.05, 4.69) is 10.5 Å². The quantitative estimate of drug-likeness (QED) is 0.524. The van der Waals surface area contributed by atoms with Gasteiger partial charge >= 0.3 is 7.62 Å². The van der Waals surface area contributed by atoms with Gasteiger partial charge in [-0.1, -0.05) is 0 Å². The summed E-state index contributed by atoms with van der Waals surface area (Å²) in [6, 6.07) is 0.825. The Balaban J connectivity index is 2.15. The van der Waals surface area contributed by atoms with Crippen LogP contribution >= 0.6 is 11.6 Å². The normalized spacial score (nSPS) is 26.0. The van der Waals surface area contributed by atoms with Crippen LogP contribution in [0.3, 0.4) is 0 Å². The zero-order valence-electron chi connectivity index (χ0n) is 9.09. The molecule has 15 heavy (non-hydrogen) atoms.